The van der Waals surface area contributed by atoms with Crippen LogP contribution >= 0.6 is 0 Å². The summed E-state index contributed by atoms with van der Waals surface area (Å²) in [7, 11) is 1.33. The minimum atomic E-state index is -0.671. The first-order valence-electron chi connectivity index (χ1n) is 5.44. The fourth-order valence-electron chi connectivity index (χ4n) is 1.98. The van der Waals surface area contributed by atoms with Gasteiger partial charge in [0.1, 0.15) is 0 Å². The Morgan fingerprint density at radius 3 is 3.06 bits per heavy atom. The van der Waals surface area contributed by atoms with Crippen LogP contribution in [0.3, 0.4) is 0 Å². The number of aliphatic imine (C=N–C) groups is 1. The highest BCUT2D eigenvalue weighted by molar-refractivity contribution is 5.80. The molecule has 0 bridgehead atoms. The van der Waals surface area contributed by atoms with E-state index in [1.54, 1.807) is 12.1 Å². The molecule has 0 fully saturated rings. The van der Waals surface area contributed by atoms with Gasteiger partial charge in [0.25, 0.3) is 0 Å². The highest BCUT2D eigenvalue weighted by Crippen LogP contribution is 2.37. The molecule has 2 heterocycles. The molecule has 6 nitrogen and oxygen atoms in total. The summed E-state index contributed by atoms with van der Waals surface area (Å²) in [5.74, 6) is 0.908. The van der Waals surface area contributed by atoms with Crippen molar-refractivity contribution in [3.8, 4) is 11.5 Å². The van der Waals surface area contributed by atoms with Crippen molar-refractivity contribution in [2.45, 2.75) is 12.1 Å². The summed E-state index contributed by atoms with van der Waals surface area (Å²) in [5, 5.41) is 0. The van der Waals surface area contributed by atoms with Gasteiger partial charge in [0.2, 0.25) is 6.79 Å². The van der Waals surface area contributed by atoms with Crippen molar-refractivity contribution in [3.05, 3.63) is 23.8 Å². The van der Waals surface area contributed by atoms with Gasteiger partial charge in [-0.25, -0.2) is 9.79 Å². The Balaban J connectivity index is 1.88. The normalized spacial score (nSPS) is 23.8. The highest BCUT2D eigenvalue weighted by atomic mass is 16.7. The molecule has 1 aromatic rings. The van der Waals surface area contributed by atoms with E-state index in [0.717, 1.165) is 5.56 Å². The molecule has 94 valence electrons. The first kappa shape index (κ1) is 10.9. The van der Waals surface area contributed by atoms with E-state index in [1.165, 1.54) is 13.5 Å². The monoisotopic (exact) mass is 249 g/mol. The maximum atomic E-state index is 11.6. The number of hydrogen-bond acceptors (Lipinski definition) is 6. The van der Waals surface area contributed by atoms with Crippen LogP contribution in [-0.2, 0) is 14.3 Å². The third-order valence-electron chi connectivity index (χ3n) is 2.88. The fourth-order valence-corrected chi connectivity index (χ4v) is 1.98. The number of nitrogens with zero attached hydrogens (tertiary/aromatic N) is 1. The summed E-state index contributed by atoms with van der Waals surface area (Å²) < 4.78 is 20.5. The largest absolute Gasteiger partial charge is 0.473 e. The molecule has 2 aliphatic heterocycles. The van der Waals surface area contributed by atoms with Gasteiger partial charge >= 0.3 is 5.97 Å². The van der Waals surface area contributed by atoms with Crippen molar-refractivity contribution >= 4 is 12.4 Å². The molecule has 0 amide bonds. The van der Waals surface area contributed by atoms with Crippen molar-refractivity contribution in [3.63, 3.8) is 0 Å². The van der Waals surface area contributed by atoms with E-state index in [1.807, 2.05) is 6.07 Å². The summed E-state index contributed by atoms with van der Waals surface area (Å²) in [6, 6.07) is 4.73. The van der Waals surface area contributed by atoms with Crippen molar-refractivity contribution < 1.29 is 23.7 Å². The van der Waals surface area contributed by atoms with Crippen LogP contribution in [0, 0.1) is 0 Å². The van der Waals surface area contributed by atoms with E-state index >= 15 is 0 Å². The smallest absolute Gasteiger partial charge is 0.334 e. The quantitative estimate of drug-likeness (QED) is 0.733. The summed E-state index contributed by atoms with van der Waals surface area (Å²) in [5.41, 5.74) is 0.798. The van der Waals surface area contributed by atoms with Crippen molar-refractivity contribution in [1.82, 2.24) is 0 Å². The molecule has 0 spiro atoms. The van der Waals surface area contributed by atoms with Gasteiger partial charge in [-0.1, -0.05) is 6.07 Å². The molecular weight excluding hydrogens is 238 g/mol. The predicted molar refractivity (Wildman–Crippen MR) is 60.7 cm³/mol. The molecule has 0 aromatic heterocycles. The first-order chi connectivity index (χ1) is 8.79. The van der Waals surface area contributed by atoms with Crippen LogP contribution in [0.2, 0.25) is 0 Å². The first-order valence-corrected chi connectivity index (χ1v) is 5.44. The summed E-state index contributed by atoms with van der Waals surface area (Å²) in [6.45, 7) is 0.210. The minimum absolute atomic E-state index is 0.210. The van der Waals surface area contributed by atoms with Crippen LogP contribution < -0.4 is 9.47 Å². The van der Waals surface area contributed by atoms with E-state index in [2.05, 4.69) is 9.73 Å². The van der Waals surface area contributed by atoms with E-state index in [9.17, 15) is 4.79 Å². The molecule has 0 N–H and O–H groups in total. The van der Waals surface area contributed by atoms with Gasteiger partial charge in [0.05, 0.1) is 7.11 Å². The number of hydrogen-bond donors (Lipinski definition) is 0. The second kappa shape index (κ2) is 4.21. The Labute approximate surface area is 103 Å². The molecule has 2 aliphatic rings. The van der Waals surface area contributed by atoms with Crippen molar-refractivity contribution in [1.29, 1.82) is 0 Å². The van der Waals surface area contributed by atoms with Crippen LogP contribution in [0.15, 0.2) is 23.2 Å². The van der Waals surface area contributed by atoms with Gasteiger partial charge in [-0.3, -0.25) is 0 Å². The number of fused-ring (bicyclic) bond motifs is 1. The molecule has 0 radical (unpaired) electrons. The molecule has 0 saturated carbocycles. The van der Waals surface area contributed by atoms with Crippen LogP contribution in [0.1, 0.15) is 11.7 Å². The van der Waals surface area contributed by atoms with Gasteiger partial charge in [-0.15, -0.1) is 0 Å². The molecule has 18 heavy (non-hydrogen) atoms. The van der Waals surface area contributed by atoms with E-state index in [4.69, 9.17) is 14.2 Å². The number of ether oxygens (including phenoxy) is 4. The topological polar surface area (TPSA) is 66.4 Å². The summed E-state index contributed by atoms with van der Waals surface area (Å²) >= 11 is 0. The molecule has 2 atom stereocenters. The third kappa shape index (κ3) is 1.66. The number of rotatable bonds is 2. The fraction of sp³-hybridized carbons (Fsp3) is 0.333. The maximum Gasteiger partial charge on any atom is 0.334 e. The third-order valence-corrected chi connectivity index (χ3v) is 2.88. The van der Waals surface area contributed by atoms with Crippen molar-refractivity contribution in [2.24, 2.45) is 4.99 Å². The van der Waals surface area contributed by atoms with Gasteiger partial charge < -0.3 is 18.9 Å². The second-order valence-corrected chi connectivity index (χ2v) is 3.89. The zero-order chi connectivity index (χ0) is 12.5. The number of benzene rings is 1. The average molecular weight is 249 g/mol. The molecule has 0 saturated heterocycles. The molecule has 3 rings (SSSR count). The molecule has 6 heteroatoms. The number of methoxy groups -OCH3 is 1. The van der Waals surface area contributed by atoms with Crippen LogP contribution in [0.25, 0.3) is 0 Å². The van der Waals surface area contributed by atoms with Crippen molar-refractivity contribution in [2.75, 3.05) is 13.9 Å². The molecule has 0 aliphatic carbocycles. The lowest BCUT2D eigenvalue weighted by Crippen LogP contribution is -2.25. The molecular formula is C12H11NO5. The zero-order valence-corrected chi connectivity index (χ0v) is 9.66. The Kier molecular flexibility index (Phi) is 2.55. The minimum Gasteiger partial charge on any atom is -0.473 e. The summed E-state index contributed by atoms with van der Waals surface area (Å²) in [6.07, 6.45) is 0.795. The SMILES string of the molecule is COC(=O)[C@@H]1N=CO[C@@H]1c1ccc2c(c1)OCO2. The number of esters is 1. The van der Waals surface area contributed by atoms with E-state index in [0.29, 0.717) is 11.5 Å². The second-order valence-electron chi connectivity index (χ2n) is 3.89. The molecule has 0 unspecified atom stereocenters. The van der Waals surface area contributed by atoms with Gasteiger partial charge in [-0.05, 0) is 17.7 Å². The number of carbonyl (C=O) groups is 1. The summed E-state index contributed by atoms with van der Waals surface area (Å²) in [4.78, 5) is 15.5. The van der Waals surface area contributed by atoms with Gasteiger partial charge in [-0.2, -0.15) is 0 Å². The highest BCUT2D eigenvalue weighted by Gasteiger charge is 2.35. The lowest BCUT2D eigenvalue weighted by Gasteiger charge is -2.15. The number of carbonyl (C=O) groups excluding carboxylic acids is 1. The molecule has 1 aromatic carbocycles. The maximum absolute atomic E-state index is 11.6. The Hall–Kier alpha value is -2.24. The van der Waals surface area contributed by atoms with Gasteiger partial charge in [0, 0.05) is 0 Å². The zero-order valence-electron chi connectivity index (χ0n) is 9.66. The standard InChI is InChI=1S/C12H11NO5/c1-15-12(14)10-11(16-5-13-10)7-2-3-8-9(4-7)18-6-17-8/h2-5,10-11H,6H2,1H3/t10-,11-/m1/s1. The van der Waals surface area contributed by atoms with Crippen LogP contribution in [0.5, 0.6) is 11.5 Å². The predicted octanol–water partition coefficient (Wildman–Crippen LogP) is 1.06. The van der Waals surface area contributed by atoms with Gasteiger partial charge in [0.15, 0.2) is 30.0 Å². The van der Waals surface area contributed by atoms with Crippen LogP contribution in [-0.4, -0.2) is 32.3 Å². The van der Waals surface area contributed by atoms with E-state index in [-0.39, 0.29) is 6.79 Å². The lowest BCUT2D eigenvalue weighted by atomic mass is 10.0. The average Bonchev–Trinajstić information content (AvgIpc) is 3.05. The Morgan fingerprint density at radius 1 is 1.39 bits per heavy atom. The van der Waals surface area contributed by atoms with E-state index < -0.39 is 18.1 Å². The lowest BCUT2D eigenvalue weighted by molar-refractivity contribution is -0.143. The van der Waals surface area contributed by atoms with Crippen LogP contribution in [0.4, 0.5) is 0 Å². The Morgan fingerprint density at radius 2 is 2.22 bits per heavy atom. The Bertz CT molecular complexity index is 513.